The van der Waals surface area contributed by atoms with Crippen LogP contribution in [0.25, 0.3) is 0 Å². The minimum absolute atomic E-state index is 0.00121. The molecule has 3 aromatic rings. The van der Waals surface area contributed by atoms with Gasteiger partial charge < -0.3 is 25.6 Å². The van der Waals surface area contributed by atoms with Gasteiger partial charge in [0.2, 0.25) is 11.9 Å². The van der Waals surface area contributed by atoms with Gasteiger partial charge in [0, 0.05) is 45.2 Å². The molecular weight excluding hydrogens is 492 g/mol. The summed E-state index contributed by atoms with van der Waals surface area (Å²) in [6.45, 7) is 8.15. The summed E-state index contributed by atoms with van der Waals surface area (Å²) in [7, 11) is 1.74. The number of ether oxygens (including phenoxy) is 1. The van der Waals surface area contributed by atoms with E-state index in [-0.39, 0.29) is 5.91 Å². The summed E-state index contributed by atoms with van der Waals surface area (Å²) in [5, 5.41) is 14.5. The van der Waals surface area contributed by atoms with Crippen LogP contribution in [0.15, 0.2) is 36.8 Å². The van der Waals surface area contributed by atoms with Crippen LogP contribution in [0.1, 0.15) is 43.9 Å². The Morgan fingerprint density at radius 1 is 1.24 bits per heavy atom. The lowest BCUT2D eigenvalue weighted by atomic mass is 9.83. The first-order valence-electron chi connectivity index (χ1n) is 12.6. The Morgan fingerprint density at radius 3 is 2.84 bits per heavy atom. The fraction of sp³-hybridized carbons (Fsp3) is 0.462. The molecule has 0 bridgehead atoms. The topological polar surface area (TPSA) is 109 Å². The quantitative estimate of drug-likeness (QED) is 0.382. The van der Waals surface area contributed by atoms with Crippen molar-refractivity contribution < 1.29 is 9.53 Å². The Morgan fingerprint density at radius 2 is 2.05 bits per heavy atom. The largest absolute Gasteiger partial charge is 0.383 e. The monoisotopic (exact) mass is 524 g/mol. The van der Waals surface area contributed by atoms with Crippen molar-refractivity contribution in [1.82, 2.24) is 24.6 Å². The fourth-order valence-electron chi connectivity index (χ4n) is 5.07. The van der Waals surface area contributed by atoms with Crippen molar-refractivity contribution in [2.75, 3.05) is 49.3 Å². The van der Waals surface area contributed by atoms with Gasteiger partial charge in [-0.15, -0.1) is 0 Å². The predicted octanol–water partition coefficient (Wildman–Crippen LogP) is 4.20. The molecule has 0 saturated carbocycles. The second-order valence-corrected chi connectivity index (χ2v) is 10.5. The highest BCUT2D eigenvalue weighted by atomic mass is 35.5. The summed E-state index contributed by atoms with van der Waals surface area (Å²) >= 11 is 6.40. The van der Waals surface area contributed by atoms with Gasteiger partial charge in [0.05, 0.1) is 36.1 Å². The fourth-order valence-corrected chi connectivity index (χ4v) is 5.23. The first kappa shape index (κ1) is 25.4. The summed E-state index contributed by atoms with van der Waals surface area (Å²) in [6.07, 6.45) is 7.47. The van der Waals surface area contributed by atoms with Gasteiger partial charge in [0.25, 0.3) is 0 Å². The number of carbonyl (C=O) groups is 1. The molecule has 1 amide bonds. The number of anilines is 4. The van der Waals surface area contributed by atoms with Gasteiger partial charge in [-0.25, -0.2) is 4.98 Å². The van der Waals surface area contributed by atoms with Crippen LogP contribution in [0.3, 0.4) is 0 Å². The lowest BCUT2D eigenvalue weighted by Gasteiger charge is -2.31. The van der Waals surface area contributed by atoms with E-state index in [1.807, 2.05) is 42.9 Å². The number of hydrogen-bond donors (Lipinski definition) is 3. The molecule has 1 aromatic carbocycles. The number of halogens is 1. The first-order chi connectivity index (χ1) is 17.8. The van der Waals surface area contributed by atoms with E-state index in [1.54, 1.807) is 19.5 Å². The Kier molecular flexibility index (Phi) is 7.32. The Labute approximate surface area is 221 Å². The van der Waals surface area contributed by atoms with E-state index in [4.69, 9.17) is 16.3 Å². The summed E-state index contributed by atoms with van der Waals surface area (Å²) in [6, 6.07) is 6.25. The number of carbonyl (C=O) groups excluding carboxylic acids is 1. The molecule has 4 heterocycles. The number of fused-ring (bicyclic) bond motifs is 1. The van der Waals surface area contributed by atoms with Crippen molar-refractivity contribution in [2.24, 2.45) is 0 Å². The van der Waals surface area contributed by atoms with Crippen LogP contribution in [0, 0.1) is 0 Å². The van der Waals surface area contributed by atoms with E-state index in [1.165, 1.54) is 0 Å². The molecule has 3 N–H and O–H groups in total. The third-order valence-corrected chi connectivity index (χ3v) is 7.46. The van der Waals surface area contributed by atoms with Gasteiger partial charge >= 0.3 is 0 Å². The van der Waals surface area contributed by atoms with E-state index >= 15 is 0 Å². The smallest absolute Gasteiger partial charge is 0.234 e. The Bertz CT molecular complexity index is 1270. The van der Waals surface area contributed by atoms with Crippen molar-refractivity contribution in [3.8, 4) is 0 Å². The molecule has 0 unspecified atom stereocenters. The average Bonchev–Trinajstić information content (AvgIpc) is 3.45. The van der Waals surface area contributed by atoms with Crippen molar-refractivity contribution in [2.45, 2.75) is 44.7 Å². The van der Waals surface area contributed by atoms with Gasteiger partial charge in [0.1, 0.15) is 5.02 Å². The molecule has 0 aliphatic carbocycles. The highest BCUT2D eigenvalue weighted by Gasteiger charge is 2.39. The molecule has 0 atom stereocenters. The molecule has 196 valence electrons. The summed E-state index contributed by atoms with van der Waals surface area (Å²) in [5.74, 6) is 0.942. The number of benzene rings is 1. The van der Waals surface area contributed by atoms with Crippen LogP contribution in [0.5, 0.6) is 0 Å². The third kappa shape index (κ3) is 5.41. The number of nitrogens with one attached hydrogen (secondary N) is 3. The van der Waals surface area contributed by atoms with Crippen molar-refractivity contribution in [1.29, 1.82) is 0 Å². The van der Waals surface area contributed by atoms with Crippen LogP contribution in [-0.2, 0) is 21.5 Å². The van der Waals surface area contributed by atoms with E-state index in [2.05, 4.69) is 35.9 Å². The van der Waals surface area contributed by atoms with Gasteiger partial charge in [0.15, 0.2) is 5.82 Å². The van der Waals surface area contributed by atoms with Crippen molar-refractivity contribution in [3.05, 3.63) is 52.9 Å². The van der Waals surface area contributed by atoms with Crippen molar-refractivity contribution >= 4 is 40.6 Å². The second-order valence-electron chi connectivity index (χ2n) is 10.1. The van der Waals surface area contributed by atoms with Crippen molar-refractivity contribution in [3.63, 3.8) is 0 Å². The molecule has 10 nitrogen and oxygen atoms in total. The minimum Gasteiger partial charge on any atom is -0.383 e. The number of aromatic nitrogens is 4. The zero-order valence-electron chi connectivity index (χ0n) is 21.4. The molecule has 0 radical (unpaired) electrons. The molecule has 1 fully saturated rings. The van der Waals surface area contributed by atoms with E-state index in [9.17, 15) is 4.79 Å². The van der Waals surface area contributed by atoms with Gasteiger partial charge in [-0.3, -0.25) is 9.48 Å². The number of rotatable bonds is 9. The summed E-state index contributed by atoms with van der Waals surface area (Å²) < 4.78 is 7.22. The average molecular weight is 525 g/mol. The number of likely N-dealkylation sites (tertiary alicyclic amines) is 1. The third-order valence-electron chi connectivity index (χ3n) is 7.18. The molecule has 1 saturated heterocycles. The second kappa shape index (κ2) is 10.6. The van der Waals surface area contributed by atoms with Crippen LogP contribution in [0.2, 0.25) is 5.02 Å². The minimum atomic E-state index is -0.601. The zero-order chi connectivity index (χ0) is 26.0. The lowest BCUT2D eigenvalue weighted by molar-refractivity contribution is -0.119. The maximum atomic E-state index is 12.4. The lowest BCUT2D eigenvalue weighted by Crippen LogP contribution is -2.36. The number of amides is 1. The zero-order valence-corrected chi connectivity index (χ0v) is 22.2. The number of piperidine rings is 1. The molecule has 0 spiro atoms. The van der Waals surface area contributed by atoms with E-state index in [0.29, 0.717) is 29.4 Å². The normalized spacial score (nSPS) is 17.5. The molecule has 2 aromatic heterocycles. The van der Waals surface area contributed by atoms with Gasteiger partial charge in [-0.1, -0.05) is 23.7 Å². The van der Waals surface area contributed by atoms with Gasteiger partial charge in [-0.2, -0.15) is 10.1 Å². The highest BCUT2D eigenvalue weighted by molar-refractivity contribution is 6.32. The standard InChI is InChI=1S/C26H33ClN8O2/c1-26(2)22-17(5-4-6-21(22)32-24(26)36)13-28-23-20(27)15-29-25(33-23)31-18-14-30-35(16-18)19-7-9-34(10-8-19)11-12-37-3/h4-6,14-16,19H,7-13H2,1-3H3,(H,32,36)(H2,28,29,31,33). The molecule has 2 aliphatic rings. The van der Waals surface area contributed by atoms with Crippen LogP contribution < -0.4 is 16.0 Å². The molecule has 37 heavy (non-hydrogen) atoms. The van der Waals surface area contributed by atoms with Gasteiger partial charge in [-0.05, 0) is 43.9 Å². The highest BCUT2D eigenvalue weighted by Crippen LogP contribution is 2.40. The first-order valence-corrected chi connectivity index (χ1v) is 13.0. The predicted molar refractivity (Wildman–Crippen MR) is 145 cm³/mol. The van der Waals surface area contributed by atoms with E-state index in [0.717, 1.165) is 61.6 Å². The van der Waals surface area contributed by atoms with Crippen LogP contribution in [-0.4, -0.2) is 63.9 Å². The molecular formula is C26H33ClN8O2. The van der Waals surface area contributed by atoms with E-state index < -0.39 is 5.41 Å². The van der Waals surface area contributed by atoms with Crippen LogP contribution in [0.4, 0.5) is 23.1 Å². The number of hydrogen-bond acceptors (Lipinski definition) is 8. The Hall–Kier alpha value is -3.21. The molecule has 2 aliphatic heterocycles. The number of nitrogens with zero attached hydrogens (tertiary/aromatic N) is 5. The van der Waals surface area contributed by atoms with Crippen LogP contribution >= 0.6 is 11.6 Å². The molecule has 5 rings (SSSR count). The Balaban J connectivity index is 1.23. The summed E-state index contributed by atoms with van der Waals surface area (Å²) in [5.41, 5.74) is 3.08. The maximum absolute atomic E-state index is 12.4. The maximum Gasteiger partial charge on any atom is 0.234 e. The number of methoxy groups -OCH3 is 1. The molecule has 11 heteroatoms. The summed E-state index contributed by atoms with van der Waals surface area (Å²) in [4.78, 5) is 23.8. The SMILES string of the molecule is COCCN1CCC(n2cc(Nc3ncc(Cl)c(NCc4cccc5c4C(C)(C)C(=O)N5)n3)cn2)CC1.